The first-order valence-corrected chi connectivity index (χ1v) is 11.7. The molecule has 0 aromatic heterocycles. The normalized spacial score (nSPS) is 18.3. The van der Waals surface area contributed by atoms with E-state index in [2.05, 4.69) is 5.32 Å². The van der Waals surface area contributed by atoms with E-state index >= 15 is 0 Å². The van der Waals surface area contributed by atoms with Crippen LogP contribution in [0, 0.1) is 0 Å². The van der Waals surface area contributed by atoms with E-state index in [1.165, 1.54) is 24.0 Å². The zero-order valence-corrected chi connectivity index (χ0v) is 20.1. The third-order valence-corrected chi connectivity index (χ3v) is 6.32. The molecule has 0 saturated carbocycles. The number of amides is 4. The Kier molecular flexibility index (Phi) is 8.46. The lowest BCUT2D eigenvalue weighted by atomic mass is 9.64. The molecule has 3 N–H and O–H groups in total. The van der Waals surface area contributed by atoms with Crippen molar-refractivity contribution in [3.8, 4) is 5.75 Å². The molecule has 1 fully saturated rings. The summed E-state index contributed by atoms with van der Waals surface area (Å²) in [7, 11) is -1.47. The number of fused-ring (bicyclic) bond motifs is 1. The van der Waals surface area contributed by atoms with E-state index in [0.29, 0.717) is 12.1 Å². The molecule has 13 heteroatoms. The largest absolute Gasteiger partial charge is 0.535 e. The highest BCUT2D eigenvalue weighted by Gasteiger charge is 2.40. The van der Waals surface area contributed by atoms with Gasteiger partial charge in [0.05, 0.1) is 11.6 Å². The van der Waals surface area contributed by atoms with E-state index in [1.807, 2.05) is 0 Å². The fourth-order valence-electron chi connectivity index (χ4n) is 4.29. The summed E-state index contributed by atoms with van der Waals surface area (Å²) >= 11 is 0. The Morgan fingerprint density at radius 3 is 2.56 bits per heavy atom. The van der Waals surface area contributed by atoms with Crippen LogP contribution in [0.2, 0.25) is 5.82 Å². The van der Waals surface area contributed by atoms with E-state index in [4.69, 9.17) is 4.65 Å². The van der Waals surface area contributed by atoms with Gasteiger partial charge in [0, 0.05) is 38.3 Å². The molecule has 1 saturated heterocycles. The summed E-state index contributed by atoms with van der Waals surface area (Å²) in [6.07, 6.45) is -0.123. The zero-order chi connectivity index (χ0) is 26.6. The predicted octanol–water partition coefficient (Wildman–Crippen LogP) is 0.268. The number of para-hydroxylation sites is 1. The number of carbonyl (C=O) groups excluding carboxylic acids is 5. The van der Waals surface area contributed by atoms with E-state index in [1.54, 1.807) is 13.0 Å². The molecule has 1 aromatic carbocycles. The third kappa shape index (κ3) is 5.90. The summed E-state index contributed by atoms with van der Waals surface area (Å²) in [5, 5.41) is 22.3. The number of benzene rings is 1. The lowest BCUT2D eigenvalue weighted by Gasteiger charge is -2.33. The van der Waals surface area contributed by atoms with Crippen LogP contribution in [0.4, 0.5) is 4.79 Å². The van der Waals surface area contributed by atoms with E-state index in [-0.39, 0.29) is 55.9 Å². The molecule has 0 spiro atoms. The number of ketones is 2. The molecule has 0 bridgehead atoms. The lowest BCUT2D eigenvalue weighted by molar-refractivity contribution is -0.153. The van der Waals surface area contributed by atoms with Crippen molar-refractivity contribution in [2.75, 3.05) is 19.6 Å². The first-order chi connectivity index (χ1) is 17.0. The van der Waals surface area contributed by atoms with Gasteiger partial charge in [0.1, 0.15) is 11.5 Å². The van der Waals surface area contributed by atoms with Gasteiger partial charge < -0.3 is 29.8 Å². The summed E-state index contributed by atoms with van der Waals surface area (Å²) in [4.78, 5) is 75.4. The quantitative estimate of drug-likeness (QED) is 0.317. The van der Waals surface area contributed by atoms with Crippen LogP contribution in [-0.2, 0) is 25.6 Å². The van der Waals surface area contributed by atoms with Crippen molar-refractivity contribution >= 4 is 42.5 Å². The van der Waals surface area contributed by atoms with Gasteiger partial charge in [-0.05, 0) is 38.3 Å². The SMILES string of the molecule is CCN1CCN(C(=O)NC(CCC(C)=O)C(=O)C[C@H]2Cc3cccc(C(=O)O)c3OB2O)C(=O)C1=O. The molecular formula is C23H28BN3O9. The van der Waals surface area contributed by atoms with Gasteiger partial charge in [-0.1, -0.05) is 12.1 Å². The molecule has 0 aliphatic carbocycles. The van der Waals surface area contributed by atoms with Crippen LogP contribution in [-0.4, -0.2) is 88.1 Å². The molecule has 0 radical (unpaired) electrons. The second kappa shape index (κ2) is 11.3. The van der Waals surface area contributed by atoms with E-state index in [0.717, 1.165) is 4.90 Å². The summed E-state index contributed by atoms with van der Waals surface area (Å²) in [6.45, 7) is 3.51. The topological polar surface area (TPSA) is 171 Å². The van der Waals surface area contributed by atoms with Crippen molar-refractivity contribution in [2.24, 2.45) is 0 Å². The molecule has 2 aliphatic rings. The fourth-order valence-corrected chi connectivity index (χ4v) is 4.29. The molecule has 12 nitrogen and oxygen atoms in total. The van der Waals surface area contributed by atoms with Gasteiger partial charge in [0.25, 0.3) is 0 Å². The van der Waals surface area contributed by atoms with Crippen LogP contribution < -0.4 is 9.97 Å². The number of hydrogen-bond acceptors (Lipinski definition) is 8. The number of Topliss-reactive ketones (excluding diaryl/α,β-unsaturated/α-hetero) is 2. The van der Waals surface area contributed by atoms with Gasteiger partial charge in [-0.3, -0.25) is 19.3 Å². The number of nitrogens with zero attached hydrogens (tertiary/aromatic N) is 2. The van der Waals surface area contributed by atoms with Crippen molar-refractivity contribution in [3.05, 3.63) is 29.3 Å². The first-order valence-electron chi connectivity index (χ1n) is 11.7. The molecule has 2 aliphatic heterocycles. The van der Waals surface area contributed by atoms with Gasteiger partial charge in [-0.15, -0.1) is 0 Å². The highest BCUT2D eigenvalue weighted by Crippen LogP contribution is 2.36. The predicted molar refractivity (Wildman–Crippen MR) is 125 cm³/mol. The van der Waals surface area contributed by atoms with Crippen LogP contribution in [0.5, 0.6) is 5.75 Å². The van der Waals surface area contributed by atoms with Crippen LogP contribution >= 0.6 is 0 Å². The maximum absolute atomic E-state index is 13.2. The molecule has 36 heavy (non-hydrogen) atoms. The van der Waals surface area contributed by atoms with Crippen molar-refractivity contribution < 1.29 is 43.6 Å². The van der Waals surface area contributed by atoms with E-state index in [9.17, 15) is 38.9 Å². The summed E-state index contributed by atoms with van der Waals surface area (Å²) in [5.74, 6) is -4.43. The zero-order valence-electron chi connectivity index (χ0n) is 20.1. The molecule has 3 rings (SSSR count). The van der Waals surface area contributed by atoms with Crippen molar-refractivity contribution in [1.29, 1.82) is 0 Å². The van der Waals surface area contributed by atoms with Gasteiger partial charge >= 0.3 is 30.9 Å². The molecule has 2 heterocycles. The number of urea groups is 1. The number of imide groups is 1. The van der Waals surface area contributed by atoms with Gasteiger partial charge in [-0.25, -0.2) is 9.59 Å². The second-order valence-corrected chi connectivity index (χ2v) is 8.83. The van der Waals surface area contributed by atoms with Crippen LogP contribution in [0.25, 0.3) is 0 Å². The number of piperazine rings is 1. The third-order valence-electron chi connectivity index (χ3n) is 6.32. The summed E-state index contributed by atoms with van der Waals surface area (Å²) < 4.78 is 5.42. The minimum atomic E-state index is -1.47. The minimum Gasteiger partial charge on any atom is -0.535 e. The Morgan fingerprint density at radius 1 is 1.19 bits per heavy atom. The Balaban J connectivity index is 1.72. The highest BCUT2D eigenvalue weighted by molar-refractivity contribution is 6.47. The number of hydrogen-bond donors (Lipinski definition) is 3. The number of aromatic carboxylic acids is 1. The molecule has 1 aromatic rings. The molecule has 2 atom stereocenters. The number of carboxylic acid groups (broad SMARTS) is 1. The van der Waals surface area contributed by atoms with Crippen LogP contribution in [0.3, 0.4) is 0 Å². The first kappa shape index (κ1) is 26.9. The Bertz CT molecular complexity index is 1090. The second-order valence-electron chi connectivity index (χ2n) is 8.83. The smallest absolute Gasteiger partial charge is 0.526 e. The van der Waals surface area contributed by atoms with Crippen molar-refractivity contribution in [2.45, 2.75) is 51.4 Å². The van der Waals surface area contributed by atoms with Gasteiger partial charge in [0.2, 0.25) is 0 Å². The lowest BCUT2D eigenvalue weighted by Crippen LogP contribution is -2.59. The van der Waals surface area contributed by atoms with Gasteiger partial charge in [-0.2, -0.15) is 0 Å². The fraction of sp³-hybridized carbons (Fsp3) is 0.478. The Morgan fingerprint density at radius 2 is 1.92 bits per heavy atom. The average Bonchev–Trinajstić information content (AvgIpc) is 2.83. The average molecular weight is 501 g/mol. The monoisotopic (exact) mass is 501 g/mol. The molecule has 192 valence electrons. The number of nitrogens with one attached hydrogen (secondary N) is 1. The maximum Gasteiger partial charge on any atom is 0.526 e. The Labute approximate surface area is 207 Å². The van der Waals surface area contributed by atoms with Crippen molar-refractivity contribution in [3.63, 3.8) is 0 Å². The minimum absolute atomic E-state index is 0.0122. The van der Waals surface area contributed by atoms with E-state index < -0.39 is 48.6 Å². The number of likely N-dealkylation sites (N-methyl/N-ethyl adjacent to an activating group) is 1. The molecular weight excluding hydrogens is 473 g/mol. The number of rotatable bonds is 9. The number of carbonyl (C=O) groups is 6. The highest BCUT2D eigenvalue weighted by atomic mass is 16.5. The molecule has 4 amide bonds. The standard InChI is InChI=1S/C23H28BN3O9/c1-3-26-9-10-27(21(31)20(26)30)23(34)25-17(8-7-13(2)28)18(29)12-15-11-14-5-4-6-16(22(32)33)19(14)36-24(15)35/h4-6,15,17,35H,3,7-12H2,1-2H3,(H,25,34)(H,32,33)/t15-,17?/m1/s1. The van der Waals surface area contributed by atoms with Crippen LogP contribution in [0.15, 0.2) is 18.2 Å². The summed E-state index contributed by atoms with van der Waals surface area (Å²) in [6, 6.07) is 2.46. The maximum atomic E-state index is 13.2. The van der Waals surface area contributed by atoms with Crippen molar-refractivity contribution in [1.82, 2.24) is 15.1 Å². The number of carboxylic acids is 1. The summed E-state index contributed by atoms with van der Waals surface area (Å²) in [5.41, 5.74) is 0.408. The Hall–Kier alpha value is -3.74. The van der Waals surface area contributed by atoms with Crippen LogP contribution in [0.1, 0.15) is 49.0 Å². The van der Waals surface area contributed by atoms with Gasteiger partial charge in [0.15, 0.2) is 5.78 Å². The molecule has 1 unspecified atom stereocenters.